The Morgan fingerprint density at radius 3 is 2.65 bits per heavy atom. The first-order valence-corrected chi connectivity index (χ1v) is 6.63. The number of furan rings is 1. The Bertz CT molecular complexity index is 670. The SMILES string of the molecule is COc1cc(CC(C)(C)C(=O)O)c(Cl)c2cc(C)oc12. The quantitative estimate of drug-likeness (QED) is 0.924. The van der Waals surface area contributed by atoms with Crippen LogP contribution in [0.4, 0.5) is 0 Å². The van der Waals surface area contributed by atoms with E-state index in [0.717, 1.165) is 16.7 Å². The minimum Gasteiger partial charge on any atom is -0.493 e. The highest BCUT2D eigenvalue weighted by molar-refractivity contribution is 6.36. The highest BCUT2D eigenvalue weighted by Crippen LogP contribution is 2.39. The van der Waals surface area contributed by atoms with E-state index in [-0.39, 0.29) is 0 Å². The maximum atomic E-state index is 11.3. The molecule has 2 rings (SSSR count). The lowest BCUT2D eigenvalue weighted by atomic mass is 9.85. The molecular weight excluding hydrogens is 280 g/mol. The summed E-state index contributed by atoms with van der Waals surface area (Å²) in [7, 11) is 1.55. The van der Waals surface area contributed by atoms with Gasteiger partial charge < -0.3 is 14.3 Å². The molecule has 5 heteroatoms. The molecule has 0 fully saturated rings. The molecule has 0 bridgehead atoms. The highest BCUT2D eigenvalue weighted by Gasteiger charge is 2.29. The van der Waals surface area contributed by atoms with Crippen LogP contribution in [0.15, 0.2) is 16.5 Å². The molecule has 0 saturated heterocycles. The number of methoxy groups -OCH3 is 1. The van der Waals surface area contributed by atoms with E-state index in [9.17, 15) is 9.90 Å². The van der Waals surface area contributed by atoms with E-state index in [0.29, 0.717) is 22.8 Å². The van der Waals surface area contributed by atoms with Crippen LogP contribution in [-0.4, -0.2) is 18.2 Å². The number of aliphatic carboxylic acids is 1. The number of rotatable bonds is 4. The smallest absolute Gasteiger partial charge is 0.309 e. The lowest BCUT2D eigenvalue weighted by Gasteiger charge is -2.20. The van der Waals surface area contributed by atoms with Crippen LogP contribution >= 0.6 is 11.6 Å². The molecule has 0 aliphatic carbocycles. The van der Waals surface area contributed by atoms with Crippen LogP contribution in [0.2, 0.25) is 5.02 Å². The Balaban J connectivity index is 2.60. The van der Waals surface area contributed by atoms with E-state index in [1.54, 1.807) is 27.0 Å². The van der Waals surface area contributed by atoms with Gasteiger partial charge in [-0.05, 0) is 44.9 Å². The van der Waals surface area contributed by atoms with Crippen LogP contribution in [0.3, 0.4) is 0 Å². The van der Waals surface area contributed by atoms with E-state index < -0.39 is 11.4 Å². The number of benzene rings is 1. The fourth-order valence-electron chi connectivity index (χ4n) is 2.15. The Labute approximate surface area is 122 Å². The van der Waals surface area contributed by atoms with Crippen molar-refractivity contribution in [1.82, 2.24) is 0 Å². The maximum Gasteiger partial charge on any atom is 0.309 e. The molecule has 4 nitrogen and oxygen atoms in total. The summed E-state index contributed by atoms with van der Waals surface area (Å²) in [5, 5.41) is 10.5. The number of carbonyl (C=O) groups is 1. The molecule has 108 valence electrons. The van der Waals surface area contributed by atoms with Crippen LogP contribution in [0.5, 0.6) is 5.75 Å². The van der Waals surface area contributed by atoms with Crippen LogP contribution in [0.1, 0.15) is 25.2 Å². The third-order valence-electron chi connectivity index (χ3n) is 3.33. The fourth-order valence-corrected chi connectivity index (χ4v) is 2.41. The van der Waals surface area contributed by atoms with Gasteiger partial charge in [0.2, 0.25) is 0 Å². The first-order valence-electron chi connectivity index (χ1n) is 6.25. The number of carboxylic acids is 1. The second-order valence-electron chi connectivity index (χ2n) is 5.52. The second-order valence-corrected chi connectivity index (χ2v) is 5.90. The Morgan fingerprint density at radius 1 is 1.45 bits per heavy atom. The van der Waals surface area contributed by atoms with Crippen molar-refractivity contribution in [2.24, 2.45) is 5.41 Å². The number of halogens is 1. The van der Waals surface area contributed by atoms with E-state index in [1.165, 1.54) is 0 Å². The molecule has 1 aromatic heterocycles. The third-order valence-corrected chi connectivity index (χ3v) is 3.78. The van der Waals surface area contributed by atoms with Gasteiger partial charge in [-0.25, -0.2) is 0 Å². The van der Waals surface area contributed by atoms with Gasteiger partial charge in [0.15, 0.2) is 11.3 Å². The summed E-state index contributed by atoms with van der Waals surface area (Å²) < 4.78 is 10.9. The molecule has 1 heterocycles. The third kappa shape index (κ3) is 2.48. The Kier molecular flexibility index (Phi) is 3.69. The number of hydrogen-bond acceptors (Lipinski definition) is 3. The monoisotopic (exact) mass is 296 g/mol. The molecule has 20 heavy (non-hydrogen) atoms. The van der Waals surface area contributed by atoms with Crippen LogP contribution in [0.25, 0.3) is 11.0 Å². The standard InChI is InChI=1S/C15H17ClO4/c1-8-5-10-12(16)9(7-15(2,3)14(17)18)6-11(19-4)13(10)20-8/h5-6H,7H2,1-4H3,(H,17,18). The van der Waals surface area contributed by atoms with E-state index in [2.05, 4.69) is 0 Å². The molecule has 0 radical (unpaired) electrons. The number of fused-ring (bicyclic) bond motifs is 1. The van der Waals surface area contributed by atoms with Gasteiger partial charge in [0, 0.05) is 5.39 Å². The average molecular weight is 297 g/mol. The van der Waals surface area contributed by atoms with Gasteiger partial charge in [0.05, 0.1) is 17.5 Å². The minimum absolute atomic E-state index is 0.317. The Hall–Kier alpha value is -1.68. The summed E-state index contributed by atoms with van der Waals surface area (Å²) in [5.41, 5.74) is 0.428. The lowest BCUT2D eigenvalue weighted by Crippen LogP contribution is -2.26. The summed E-state index contributed by atoms with van der Waals surface area (Å²) in [6, 6.07) is 3.58. The molecule has 0 amide bonds. The van der Waals surface area contributed by atoms with Crippen LogP contribution in [0, 0.1) is 12.3 Å². The van der Waals surface area contributed by atoms with E-state index in [4.69, 9.17) is 20.8 Å². The fraction of sp³-hybridized carbons (Fsp3) is 0.400. The molecule has 0 spiro atoms. The topological polar surface area (TPSA) is 59.7 Å². The van der Waals surface area contributed by atoms with Gasteiger partial charge in [-0.2, -0.15) is 0 Å². The first-order chi connectivity index (χ1) is 9.26. The molecule has 1 aromatic carbocycles. The van der Waals surface area contributed by atoms with Crippen LogP contribution < -0.4 is 4.74 Å². The predicted molar refractivity (Wildman–Crippen MR) is 77.6 cm³/mol. The van der Waals surface area contributed by atoms with Crippen molar-refractivity contribution >= 4 is 28.5 Å². The van der Waals surface area contributed by atoms with Crippen molar-refractivity contribution in [3.05, 3.63) is 28.5 Å². The van der Waals surface area contributed by atoms with Crippen molar-refractivity contribution < 1.29 is 19.1 Å². The van der Waals surface area contributed by atoms with Gasteiger partial charge >= 0.3 is 5.97 Å². The summed E-state index contributed by atoms with van der Waals surface area (Å²) in [6.45, 7) is 5.17. The van der Waals surface area contributed by atoms with Crippen molar-refractivity contribution in [3.63, 3.8) is 0 Å². The van der Waals surface area contributed by atoms with Gasteiger partial charge in [-0.3, -0.25) is 4.79 Å². The summed E-state index contributed by atoms with van der Waals surface area (Å²) in [4.78, 5) is 11.3. The predicted octanol–water partition coefficient (Wildman–Crippen LogP) is 4.06. The summed E-state index contributed by atoms with van der Waals surface area (Å²) in [5.74, 6) is 0.430. The molecular formula is C15H17ClO4. The number of carboxylic acid groups (broad SMARTS) is 1. The normalized spacial score (nSPS) is 11.8. The summed E-state index contributed by atoms with van der Waals surface area (Å²) >= 11 is 6.39. The van der Waals surface area contributed by atoms with Gasteiger partial charge in [0.1, 0.15) is 5.76 Å². The number of aryl methyl sites for hydroxylation is 1. The maximum absolute atomic E-state index is 11.3. The largest absolute Gasteiger partial charge is 0.493 e. The minimum atomic E-state index is -0.902. The molecule has 0 aliphatic rings. The van der Waals surface area contributed by atoms with Crippen molar-refractivity contribution in [3.8, 4) is 5.75 Å². The van der Waals surface area contributed by atoms with Gasteiger partial charge in [0.25, 0.3) is 0 Å². The molecule has 0 saturated carbocycles. The van der Waals surface area contributed by atoms with Crippen molar-refractivity contribution in [1.29, 1.82) is 0 Å². The Morgan fingerprint density at radius 2 is 2.10 bits per heavy atom. The molecule has 0 atom stereocenters. The zero-order valence-electron chi connectivity index (χ0n) is 11.9. The van der Waals surface area contributed by atoms with Crippen molar-refractivity contribution in [2.45, 2.75) is 27.2 Å². The molecule has 0 unspecified atom stereocenters. The lowest BCUT2D eigenvalue weighted by molar-refractivity contribution is -0.146. The molecule has 0 aliphatic heterocycles. The number of hydrogen-bond donors (Lipinski definition) is 1. The van der Waals surface area contributed by atoms with Crippen LogP contribution in [-0.2, 0) is 11.2 Å². The highest BCUT2D eigenvalue weighted by atomic mass is 35.5. The molecule has 1 N–H and O–H groups in total. The van der Waals surface area contributed by atoms with E-state index in [1.807, 2.05) is 13.0 Å². The second kappa shape index (κ2) is 5.02. The first kappa shape index (κ1) is 14.7. The zero-order valence-corrected chi connectivity index (χ0v) is 12.7. The molecule has 2 aromatic rings. The zero-order chi connectivity index (χ0) is 15.1. The number of ether oxygens (including phenoxy) is 1. The van der Waals surface area contributed by atoms with Gasteiger partial charge in [-0.15, -0.1) is 0 Å². The van der Waals surface area contributed by atoms with Gasteiger partial charge in [-0.1, -0.05) is 11.6 Å². The van der Waals surface area contributed by atoms with E-state index >= 15 is 0 Å². The van der Waals surface area contributed by atoms with Crippen molar-refractivity contribution in [2.75, 3.05) is 7.11 Å². The average Bonchev–Trinajstić information content (AvgIpc) is 2.74. The summed E-state index contributed by atoms with van der Waals surface area (Å²) in [6.07, 6.45) is 0.317.